The van der Waals surface area contributed by atoms with E-state index in [9.17, 15) is 4.79 Å². The molecule has 7 nitrogen and oxygen atoms in total. The van der Waals surface area contributed by atoms with E-state index in [0.29, 0.717) is 6.54 Å². The number of para-hydroxylation sites is 1. The molecule has 1 saturated heterocycles. The summed E-state index contributed by atoms with van der Waals surface area (Å²) in [6.45, 7) is 5.81. The molecule has 0 bridgehead atoms. The summed E-state index contributed by atoms with van der Waals surface area (Å²) in [7, 11) is 0. The highest BCUT2D eigenvalue weighted by molar-refractivity contribution is 6.09. The van der Waals surface area contributed by atoms with Gasteiger partial charge in [0.25, 0.3) is 0 Å². The second kappa shape index (κ2) is 12.1. The van der Waals surface area contributed by atoms with Crippen molar-refractivity contribution in [2.45, 2.75) is 83.5 Å². The van der Waals surface area contributed by atoms with Crippen LogP contribution in [-0.4, -0.2) is 55.9 Å². The lowest BCUT2D eigenvalue weighted by atomic mass is 9.90. The Bertz CT molecular complexity index is 1470. The van der Waals surface area contributed by atoms with E-state index in [4.69, 9.17) is 15.7 Å². The average molecular weight is 539 g/mol. The maximum atomic E-state index is 13.6. The lowest BCUT2D eigenvalue weighted by Gasteiger charge is -2.35. The number of hydrogen-bond donors (Lipinski definition) is 1. The van der Waals surface area contributed by atoms with Gasteiger partial charge >= 0.3 is 0 Å². The number of unbranched alkanes of at least 4 members (excludes halogenated alkanes) is 2. The second-order valence-electron chi connectivity index (χ2n) is 11.6. The molecule has 1 unspecified atom stereocenters. The van der Waals surface area contributed by atoms with Crippen LogP contribution in [0.5, 0.6) is 0 Å². The quantitative estimate of drug-likeness (QED) is 0.281. The highest BCUT2D eigenvalue weighted by Crippen LogP contribution is 2.36. The van der Waals surface area contributed by atoms with Crippen LogP contribution in [-0.2, 0) is 24.3 Å². The van der Waals surface area contributed by atoms with Crippen LogP contribution in [0.25, 0.3) is 21.8 Å². The number of amides is 1. The Hall–Kier alpha value is -3.29. The molecule has 1 aliphatic heterocycles. The Morgan fingerprint density at radius 1 is 1.00 bits per heavy atom. The third-order valence-electron chi connectivity index (χ3n) is 8.95. The molecule has 210 valence electrons. The van der Waals surface area contributed by atoms with Gasteiger partial charge in [0.05, 0.1) is 22.9 Å². The lowest BCUT2D eigenvalue weighted by molar-refractivity contribution is -0.132. The van der Waals surface area contributed by atoms with E-state index < -0.39 is 0 Å². The van der Waals surface area contributed by atoms with E-state index in [0.717, 1.165) is 75.0 Å². The van der Waals surface area contributed by atoms with Crippen molar-refractivity contribution in [3.05, 3.63) is 71.8 Å². The smallest absolute Gasteiger partial charge is 0.242 e. The molecule has 4 heterocycles. The summed E-state index contributed by atoms with van der Waals surface area (Å²) < 4.78 is 2.22. The average Bonchev–Trinajstić information content (AvgIpc) is 3.31. The lowest BCUT2D eigenvalue weighted by Crippen LogP contribution is -2.44. The molecule has 1 fully saturated rings. The fourth-order valence-electron chi connectivity index (χ4n) is 6.78. The van der Waals surface area contributed by atoms with E-state index in [1.54, 1.807) is 0 Å². The van der Waals surface area contributed by atoms with Crippen LogP contribution in [0.4, 0.5) is 0 Å². The minimum atomic E-state index is 0.162. The Morgan fingerprint density at radius 3 is 2.70 bits per heavy atom. The van der Waals surface area contributed by atoms with Crippen molar-refractivity contribution in [2.75, 3.05) is 19.6 Å². The number of carbonyl (C=O) groups is 1. The van der Waals surface area contributed by atoms with Gasteiger partial charge in [-0.15, -0.1) is 0 Å². The summed E-state index contributed by atoms with van der Waals surface area (Å²) in [6.07, 6.45) is 12.6. The first kappa shape index (κ1) is 26.9. The monoisotopic (exact) mass is 538 g/mol. The highest BCUT2D eigenvalue weighted by atomic mass is 16.2. The first-order valence-corrected chi connectivity index (χ1v) is 15.2. The fraction of sp³-hybridized carbons (Fsp3) is 0.485. The van der Waals surface area contributed by atoms with Crippen LogP contribution >= 0.6 is 0 Å². The first-order valence-electron chi connectivity index (χ1n) is 15.2. The molecule has 1 atom stereocenters. The van der Waals surface area contributed by atoms with Crippen molar-refractivity contribution in [1.82, 2.24) is 24.3 Å². The summed E-state index contributed by atoms with van der Waals surface area (Å²) in [5.41, 5.74) is 12.0. The zero-order chi connectivity index (χ0) is 27.5. The van der Waals surface area contributed by atoms with E-state index in [-0.39, 0.29) is 18.0 Å². The number of nitrogens with two attached hydrogens (primary N) is 1. The second-order valence-corrected chi connectivity index (χ2v) is 11.6. The first-order chi connectivity index (χ1) is 19.6. The summed E-state index contributed by atoms with van der Waals surface area (Å²) in [6, 6.07) is 15.4. The number of benzene rings is 1. The molecular weight excluding hydrogens is 496 g/mol. The molecular formula is C33H42N6O. The van der Waals surface area contributed by atoms with Crippen molar-refractivity contribution in [3.63, 3.8) is 0 Å². The predicted octanol–water partition coefficient (Wildman–Crippen LogP) is 5.60. The van der Waals surface area contributed by atoms with Gasteiger partial charge in [-0.25, -0.2) is 0 Å². The van der Waals surface area contributed by atoms with Crippen molar-refractivity contribution in [2.24, 2.45) is 5.73 Å². The van der Waals surface area contributed by atoms with Crippen molar-refractivity contribution < 1.29 is 4.79 Å². The number of nitrogens with zero attached hydrogens (tertiary/aromatic N) is 5. The minimum absolute atomic E-state index is 0.162. The number of pyridine rings is 2. The van der Waals surface area contributed by atoms with Gasteiger partial charge in [0.15, 0.2) is 0 Å². The Balaban J connectivity index is 1.39. The molecule has 0 spiro atoms. The Morgan fingerprint density at radius 2 is 1.85 bits per heavy atom. The molecule has 1 aliphatic carbocycles. The molecule has 2 N–H and O–H groups in total. The topological polar surface area (TPSA) is 80.3 Å². The molecule has 1 aromatic carbocycles. The van der Waals surface area contributed by atoms with Crippen molar-refractivity contribution in [3.8, 4) is 0 Å². The van der Waals surface area contributed by atoms with Gasteiger partial charge in [0.1, 0.15) is 6.54 Å². The molecule has 7 heteroatoms. The number of likely N-dealkylation sites (tertiary alicyclic amines) is 1. The van der Waals surface area contributed by atoms with Gasteiger partial charge in [-0.3, -0.25) is 19.7 Å². The summed E-state index contributed by atoms with van der Waals surface area (Å²) in [5.74, 6) is 0.162. The highest BCUT2D eigenvalue weighted by Gasteiger charge is 2.29. The van der Waals surface area contributed by atoms with Crippen LogP contribution in [0, 0.1) is 0 Å². The number of hydrogen-bond acceptors (Lipinski definition) is 5. The molecule has 3 aromatic heterocycles. The standard InChI is InChI=1S/C33H42N6O/c1-2-3-6-19-38(30-13-7-9-24-10-8-17-36-32(24)30)22-28-33-27(14-18-35-28)26-11-4-5-12-29(26)39(33)23-31(40)37-20-15-25(34)16-21-37/h4-5,8,10-12,14,17-18,25,30H,2-3,6-7,9,13,15-16,19-23,34H2,1H3. The fourth-order valence-corrected chi connectivity index (χ4v) is 6.78. The molecule has 1 amide bonds. The van der Waals surface area contributed by atoms with E-state index in [1.807, 2.05) is 17.3 Å². The number of fused-ring (bicyclic) bond motifs is 4. The van der Waals surface area contributed by atoms with Crippen LogP contribution in [0.2, 0.25) is 0 Å². The number of carbonyl (C=O) groups excluding carboxylic acids is 1. The van der Waals surface area contributed by atoms with Gasteiger partial charge in [0, 0.05) is 54.4 Å². The van der Waals surface area contributed by atoms with Crippen molar-refractivity contribution >= 4 is 27.7 Å². The van der Waals surface area contributed by atoms with Gasteiger partial charge in [-0.2, -0.15) is 0 Å². The van der Waals surface area contributed by atoms with E-state index in [2.05, 4.69) is 58.9 Å². The molecule has 0 radical (unpaired) electrons. The van der Waals surface area contributed by atoms with Crippen LogP contribution in [0.1, 0.15) is 74.9 Å². The Labute approximate surface area is 237 Å². The van der Waals surface area contributed by atoms with Crippen LogP contribution in [0.15, 0.2) is 54.9 Å². The molecule has 40 heavy (non-hydrogen) atoms. The van der Waals surface area contributed by atoms with Crippen molar-refractivity contribution in [1.29, 1.82) is 0 Å². The van der Waals surface area contributed by atoms with Gasteiger partial charge < -0.3 is 15.2 Å². The number of piperidine rings is 1. The molecule has 2 aliphatic rings. The number of aromatic nitrogens is 3. The zero-order valence-electron chi connectivity index (χ0n) is 23.8. The third kappa shape index (κ3) is 5.37. The summed E-state index contributed by atoms with van der Waals surface area (Å²) >= 11 is 0. The van der Waals surface area contributed by atoms with Crippen LogP contribution < -0.4 is 5.73 Å². The normalized spacial score (nSPS) is 18.1. The summed E-state index contributed by atoms with van der Waals surface area (Å²) in [4.78, 5) is 28.0. The van der Waals surface area contributed by atoms with Gasteiger partial charge in [-0.05, 0) is 68.8 Å². The summed E-state index contributed by atoms with van der Waals surface area (Å²) in [5, 5.41) is 2.35. The number of rotatable bonds is 9. The largest absolute Gasteiger partial charge is 0.341 e. The predicted molar refractivity (Wildman–Crippen MR) is 161 cm³/mol. The maximum Gasteiger partial charge on any atom is 0.242 e. The SMILES string of the molecule is CCCCCN(Cc1nccc2c3ccccc3n(CC(=O)N3CCC(N)CC3)c12)C1CCCc2cccnc21. The molecule has 0 saturated carbocycles. The Kier molecular flexibility index (Phi) is 8.12. The number of aryl methyl sites for hydroxylation is 1. The van der Waals surface area contributed by atoms with E-state index >= 15 is 0 Å². The van der Waals surface area contributed by atoms with Gasteiger partial charge in [0.2, 0.25) is 5.91 Å². The van der Waals surface area contributed by atoms with Gasteiger partial charge in [-0.1, -0.05) is 44.0 Å². The van der Waals surface area contributed by atoms with E-state index in [1.165, 1.54) is 41.3 Å². The molecule has 6 rings (SSSR count). The minimum Gasteiger partial charge on any atom is -0.341 e. The molecule has 4 aromatic rings. The van der Waals surface area contributed by atoms with Crippen LogP contribution in [0.3, 0.4) is 0 Å². The third-order valence-corrected chi connectivity index (χ3v) is 8.95. The maximum absolute atomic E-state index is 13.6. The zero-order valence-corrected chi connectivity index (χ0v) is 23.8.